The minimum atomic E-state index is -1.06. The highest BCUT2D eigenvalue weighted by Gasteiger charge is 2.62. The van der Waals surface area contributed by atoms with Crippen LogP contribution in [0.2, 0.25) is 0 Å². The van der Waals surface area contributed by atoms with Gasteiger partial charge >= 0.3 is 11.9 Å². The first kappa shape index (κ1) is 21.7. The van der Waals surface area contributed by atoms with Crippen LogP contribution >= 0.6 is 0 Å². The molecule has 0 aromatic heterocycles. The van der Waals surface area contributed by atoms with Gasteiger partial charge in [-0.15, -0.1) is 0 Å². The van der Waals surface area contributed by atoms with E-state index in [0.29, 0.717) is 5.57 Å². The van der Waals surface area contributed by atoms with E-state index in [2.05, 4.69) is 6.07 Å². The summed E-state index contributed by atoms with van der Waals surface area (Å²) in [7, 11) is 1.71. The lowest BCUT2D eigenvalue weighted by Gasteiger charge is -2.45. The zero-order chi connectivity index (χ0) is 23.2. The van der Waals surface area contributed by atoms with Gasteiger partial charge < -0.3 is 14.6 Å². The maximum absolute atomic E-state index is 12.9. The molecule has 2 atom stereocenters. The van der Waals surface area contributed by atoms with Crippen LogP contribution in [0.4, 0.5) is 0 Å². The van der Waals surface area contributed by atoms with Gasteiger partial charge in [0, 0.05) is 5.56 Å². The molecule has 3 aliphatic carbocycles. The molecular formula is C28H30O5. The molecule has 2 aromatic carbocycles. The number of carbonyl (C=O) groups is 2. The second kappa shape index (κ2) is 8.36. The molecule has 5 rings (SSSR count). The molecule has 0 amide bonds. The maximum atomic E-state index is 12.9. The molecule has 5 heteroatoms. The molecular weight excluding hydrogens is 416 g/mol. The lowest BCUT2D eigenvalue weighted by molar-refractivity contribution is -0.142. The van der Waals surface area contributed by atoms with Gasteiger partial charge in [0.1, 0.15) is 5.75 Å². The van der Waals surface area contributed by atoms with Crippen molar-refractivity contribution in [3.05, 3.63) is 70.8 Å². The monoisotopic (exact) mass is 446 g/mol. The predicted octanol–water partition coefficient (Wildman–Crippen LogP) is 5.22. The van der Waals surface area contributed by atoms with Gasteiger partial charge in [-0.3, -0.25) is 4.79 Å². The van der Waals surface area contributed by atoms with Gasteiger partial charge in [0.15, 0.2) is 0 Å². The number of rotatable bonds is 8. The Labute approximate surface area is 194 Å². The van der Waals surface area contributed by atoms with Crippen LogP contribution in [0, 0.1) is 17.8 Å². The highest BCUT2D eigenvalue weighted by atomic mass is 16.5. The molecule has 3 fully saturated rings. The van der Waals surface area contributed by atoms with E-state index in [-0.39, 0.29) is 17.6 Å². The summed E-state index contributed by atoms with van der Waals surface area (Å²) >= 11 is 0. The van der Waals surface area contributed by atoms with Crippen molar-refractivity contribution in [3.63, 3.8) is 0 Å². The Morgan fingerprint density at radius 2 is 1.76 bits per heavy atom. The lowest BCUT2D eigenvalue weighted by atomic mass is 9.60. The largest absolute Gasteiger partial charge is 0.496 e. The number of hydrogen-bond acceptors (Lipinski definition) is 4. The average Bonchev–Trinajstić information content (AvgIpc) is 3.27. The van der Waals surface area contributed by atoms with Crippen LogP contribution < -0.4 is 4.74 Å². The van der Waals surface area contributed by atoms with Gasteiger partial charge in [-0.1, -0.05) is 36.4 Å². The van der Waals surface area contributed by atoms with E-state index < -0.39 is 18.4 Å². The second-order valence-corrected chi connectivity index (χ2v) is 9.74. The molecule has 2 bridgehead atoms. The summed E-state index contributed by atoms with van der Waals surface area (Å²) in [6.07, 6.45) is 4.54. The van der Waals surface area contributed by atoms with E-state index in [1.807, 2.05) is 42.5 Å². The Balaban J connectivity index is 1.69. The normalized spacial score (nSPS) is 27.5. The summed E-state index contributed by atoms with van der Waals surface area (Å²) in [6, 6.07) is 15.6. The fourth-order valence-electron chi connectivity index (χ4n) is 6.80. The molecule has 2 aromatic rings. The molecule has 0 spiro atoms. The van der Waals surface area contributed by atoms with Crippen molar-refractivity contribution in [1.82, 2.24) is 0 Å². The smallest absolute Gasteiger partial charge is 0.335 e. The number of fused-ring (bicyclic) bond motifs is 1. The number of methoxy groups -OCH3 is 1. The van der Waals surface area contributed by atoms with E-state index in [0.717, 1.165) is 34.6 Å². The van der Waals surface area contributed by atoms with Crippen molar-refractivity contribution in [1.29, 1.82) is 0 Å². The summed E-state index contributed by atoms with van der Waals surface area (Å²) in [5.74, 6) is 1.71. The summed E-state index contributed by atoms with van der Waals surface area (Å²) < 4.78 is 11.1. The van der Waals surface area contributed by atoms with Crippen molar-refractivity contribution in [2.45, 2.75) is 44.4 Å². The molecule has 0 heterocycles. The molecule has 1 N–H and O–H groups in total. The third-order valence-corrected chi connectivity index (χ3v) is 8.02. The summed E-state index contributed by atoms with van der Waals surface area (Å²) in [5.41, 5.74) is 3.74. The van der Waals surface area contributed by atoms with Gasteiger partial charge in [0.2, 0.25) is 0 Å². The zero-order valence-corrected chi connectivity index (χ0v) is 19.2. The van der Waals surface area contributed by atoms with E-state index in [1.165, 1.54) is 31.2 Å². The third kappa shape index (κ3) is 3.64. The van der Waals surface area contributed by atoms with Crippen LogP contribution in [0.5, 0.6) is 5.75 Å². The number of hydrogen-bond donors (Lipinski definition) is 1. The summed E-state index contributed by atoms with van der Waals surface area (Å²) in [5, 5.41) is 9.61. The molecule has 2 unspecified atom stereocenters. The molecule has 3 saturated carbocycles. The van der Waals surface area contributed by atoms with Crippen molar-refractivity contribution in [2.75, 3.05) is 13.7 Å². The van der Waals surface area contributed by atoms with Crippen LogP contribution in [-0.4, -0.2) is 30.8 Å². The maximum Gasteiger partial charge on any atom is 0.335 e. The van der Waals surface area contributed by atoms with Crippen LogP contribution in [0.1, 0.15) is 55.7 Å². The molecule has 172 valence electrons. The first-order valence-electron chi connectivity index (χ1n) is 11.8. The first-order chi connectivity index (χ1) is 16.0. The quantitative estimate of drug-likeness (QED) is 0.444. The Hall–Kier alpha value is -3.08. The van der Waals surface area contributed by atoms with E-state index >= 15 is 0 Å². The summed E-state index contributed by atoms with van der Waals surface area (Å²) in [6.45, 7) is 1.91. The second-order valence-electron chi connectivity index (χ2n) is 9.74. The van der Waals surface area contributed by atoms with E-state index in [4.69, 9.17) is 9.47 Å². The number of benzene rings is 2. The van der Waals surface area contributed by atoms with Gasteiger partial charge in [-0.05, 0) is 84.6 Å². The Morgan fingerprint density at radius 3 is 2.33 bits per heavy atom. The van der Waals surface area contributed by atoms with Crippen molar-refractivity contribution >= 4 is 17.5 Å². The van der Waals surface area contributed by atoms with Gasteiger partial charge in [0.25, 0.3) is 0 Å². The first-order valence-corrected chi connectivity index (χ1v) is 11.8. The highest BCUT2D eigenvalue weighted by molar-refractivity contribution is 6.05. The van der Waals surface area contributed by atoms with Crippen molar-refractivity contribution in [2.24, 2.45) is 17.8 Å². The van der Waals surface area contributed by atoms with E-state index in [9.17, 15) is 14.7 Å². The summed E-state index contributed by atoms with van der Waals surface area (Å²) in [4.78, 5) is 24.7. The zero-order valence-electron chi connectivity index (χ0n) is 19.2. The molecule has 0 aliphatic heterocycles. The van der Waals surface area contributed by atoms with Crippen LogP contribution in [0.25, 0.3) is 5.57 Å². The Morgan fingerprint density at radius 1 is 1.03 bits per heavy atom. The number of esters is 1. The number of aliphatic carboxylic acids is 1. The number of carboxylic acids is 1. The van der Waals surface area contributed by atoms with Crippen LogP contribution in [-0.2, 0) is 19.7 Å². The van der Waals surface area contributed by atoms with Gasteiger partial charge in [0.05, 0.1) is 25.7 Å². The van der Waals surface area contributed by atoms with E-state index in [1.54, 1.807) is 14.0 Å². The van der Waals surface area contributed by atoms with Crippen molar-refractivity contribution < 1.29 is 24.2 Å². The van der Waals surface area contributed by atoms with Crippen LogP contribution in [0.15, 0.2) is 54.1 Å². The topological polar surface area (TPSA) is 72.8 Å². The number of carbonyl (C=O) groups excluding carboxylic acids is 1. The molecule has 33 heavy (non-hydrogen) atoms. The molecule has 0 radical (unpaired) electrons. The molecule has 0 saturated heterocycles. The number of carboxylic acid groups (broad SMARTS) is 1. The minimum absolute atomic E-state index is 0.123. The molecule has 5 nitrogen and oxygen atoms in total. The molecule has 3 aliphatic rings. The fraction of sp³-hybridized carbons (Fsp3) is 0.429. The number of ether oxygens (including phenoxy) is 2. The SMILES string of the molecule is CCOC(=O)/C(CC(=O)O)=C(\c1ccccc1)c1ccc(OC)c(C23CC4CC(C2)C4C3)c1. The van der Waals surface area contributed by atoms with Crippen LogP contribution in [0.3, 0.4) is 0 Å². The predicted molar refractivity (Wildman–Crippen MR) is 125 cm³/mol. The Bertz CT molecular complexity index is 1100. The fourth-order valence-corrected chi connectivity index (χ4v) is 6.80. The third-order valence-electron chi connectivity index (χ3n) is 8.02. The Kier molecular flexibility index (Phi) is 5.51. The standard InChI is InChI=1S/C28H30O5/c1-3-33-27(31)21(13-25(29)30)26(17-7-5-4-6-8-17)18-9-10-24(32-2)23(12-18)28-14-19-11-20(15-28)22(19)16-28/h4-10,12,19-20,22H,3,11,13-16H2,1-2H3,(H,29,30)/b26-21+. The highest BCUT2D eigenvalue weighted by Crippen LogP contribution is 2.70. The van der Waals surface area contributed by atoms with Crippen molar-refractivity contribution in [3.8, 4) is 5.75 Å². The van der Waals surface area contributed by atoms with Gasteiger partial charge in [-0.25, -0.2) is 4.79 Å². The lowest BCUT2D eigenvalue weighted by Crippen LogP contribution is -2.37. The minimum Gasteiger partial charge on any atom is -0.496 e. The van der Waals surface area contributed by atoms with Gasteiger partial charge in [-0.2, -0.15) is 0 Å². The average molecular weight is 447 g/mol.